The van der Waals surface area contributed by atoms with E-state index >= 15 is 0 Å². The highest BCUT2D eigenvalue weighted by Gasteiger charge is 2.48. The number of amides is 1. The van der Waals surface area contributed by atoms with Gasteiger partial charge in [-0.1, -0.05) is 10.4 Å². The molecular formula is C30H36F5N5O7. The average Bonchev–Trinajstić information content (AvgIpc) is 3.69. The lowest BCUT2D eigenvalue weighted by Crippen LogP contribution is -2.57. The number of carbonyl (C=O) groups is 1. The first kappa shape index (κ1) is 34.7. The van der Waals surface area contributed by atoms with Gasteiger partial charge in [-0.3, -0.25) is 0 Å². The molecule has 1 aromatic carbocycles. The maximum atomic E-state index is 13.9. The number of carbonyl (C=O) groups excluding carboxylic acids is 1. The van der Waals surface area contributed by atoms with Crippen LogP contribution in [-0.2, 0) is 20.6 Å². The summed E-state index contributed by atoms with van der Waals surface area (Å²) < 4.78 is 91.5. The predicted molar refractivity (Wildman–Crippen MR) is 152 cm³/mol. The SMILES string of the molecule is CC(C)(C)OC(=O)N1CCC(c2cc(C[C@H]3O[C@H](CO)[C@H](O)[C@H](n4cc(-c5cc(F)c(F)c(F)c5)nn4)[C@H]3OCC(F)F)no2)CC1. The van der Waals surface area contributed by atoms with Gasteiger partial charge in [-0.05, 0) is 45.7 Å². The largest absolute Gasteiger partial charge is 0.444 e. The van der Waals surface area contributed by atoms with Crippen LogP contribution in [-0.4, -0.2) is 104 Å². The Morgan fingerprint density at radius 3 is 2.40 bits per heavy atom. The number of aliphatic hydroxyl groups is 2. The molecule has 0 saturated carbocycles. The monoisotopic (exact) mass is 673 g/mol. The van der Waals surface area contributed by atoms with Crippen molar-refractivity contribution in [3.63, 3.8) is 0 Å². The molecule has 12 nitrogen and oxygen atoms in total. The number of benzene rings is 1. The van der Waals surface area contributed by atoms with E-state index in [0.717, 1.165) is 4.68 Å². The zero-order valence-electron chi connectivity index (χ0n) is 25.9. The summed E-state index contributed by atoms with van der Waals surface area (Å²) >= 11 is 0. The molecule has 0 bridgehead atoms. The Morgan fingerprint density at radius 1 is 1.11 bits per heavy atom. The van der Waals surface area contributed by atoms with Crippen LogP contribution in [0.5, 0.6) is 0 Å². The van der Waals surface area contributed by atoms with Crippen molar-refractivity contribution in [2.75, 3.05) is 26.3 Å². The first-order valence-electron chi connectivity index (χ1n) is 15.1. The minimum Gasteiger partial charge on any atom is -0.444 e. The lowest BCUT2D eigenvalue weighted by Gasteiger charge is -2.44. The van der Waals surface area contributed by atoms with Crippen LogP contribution >= 0.6 is 0 Å². The second-order valence-electron chi connectivity index (χ2n) is 12.6. The Morgan fingerprint density at radius 2 is 1.79 bits per heavy atom. The maximum absolute atomic E-state index is 13.9. The molecule has 0 aliphatic carbocycles. The quantitative estimate of drug-likeness (QED) is 0.252. The molecule has 2 aliphatic heterocycles. The molecule has 5 rings (SSSR count). The zero-order valence-corrected chi connectivity index (χ0v) is 25.9. The Labute approximate surface area is 266 Å². The third-order valence-electron chi connectivity index (χ3n) is 8.01. The minimum atomic E-state index is -2.88. The lowest BCUT2D eigenvalue weighted by molar-refractivity contribution is -0.224. The molecule has 0 radical (unpaired) electrons. The van der Waals surface area contributed by atoms with Crippen molar-refractivity contribution in [3.8, 4) is 11.3 Å². The van der Waals surface area contributed by atoms with Crippen molar-refractivity contribution >= 4 is 6.09 Å². The van der Waals surface area contributed by atoms with Gasteiger partial charge in [0.25, 0.3) is 6.43 Å². The number of piperidine rings is 1. The second-order valence-corrected chi connectivity index (χ2v) is 12.6. The highest BCUT2D eigenvalue weighted by molar-refractivity contribution is 5.68. The van der Waals surface area contributed by atoms with Gasteiger partial charge in [0, 0.05) is 37.1 Å². The van der Waals surface area contributed by atoms with Gasteiger partial charge < -0.3 is 33.8 Å². The Bertz CT molecular complexity index is 1500. The van der Waals surface area contributed by atoms with Gasteiger partial charge in [0.1, 0.15) is 48.0 Å². The number of hydrogen-bond donors (Lipinski definition) is 2. The maximum Gasteiger partial charge on any atom is 0.410 e. The van der Waals surface area contributed by atoms with Crippen LogP contribution in [0.4, 0.5) is 26.7 Å². The molecule has 5 atom stereocenters. The van der Waals surface area contributed by atoms with Crippen molar-refractivity contribution in [1.82, 2.24) is 25.1 Å². The average molecular weight is 674 g/mol. The van der Waals surface area contributed by atoms with Crippen molar-refractivity contribution in [1.29, 1.82) is 0 Å². The first-order valence-corrected chi connectivity index (χ1v) is 15.1. The molecule has 0 spiro atoms. The Kier molecular flexibility index (Phi) is 10.5. The molecule has 4 heterocycles. The summed E-state index contributed by atoms with van der Waals surface area (Å²) in [5.41, 5.74) is -0.506. The first-order chi connectivity index (χ1) is 22.2. The van der Waals surface area contributed by atoms with E-state index in [4.69, 9.17) is 18.7 Å². The number of hydrogen-bond acceptors (Lipinski definition) is 10. The Hall–Kier alpha value is -3.67. The van der Waals surface area contributed by atoms with Gasteiger partial charge >= 0.3 is 6.09 Å². The van der Waals surface area contributed by atoms with Gasteiger partial charge in [-0.2, -0.15) is 0 Å². The fourth-order valence-corrected chi connectivity index (χ4v) is 5.78. The van der Waals surface area contributed by atoms with Crippen LogP contribution in [0.2, 0.25) is 0 Å². The summed E-state index contributed by atoms with van der Waals surface area (Å²) in [5.74, 6) is -4.08. The van der Waals surface area contributed by atoms with E-state index in [2.05, 4.69) is 15.5 Å². The van der Waals surface area contributed by atoms with Gasteiger partial charge in [-0.15, -0.1) is 5.10 Å². The summed E-state index contributed by atoms with van der Waals surface area (Å²) in [6, 6.07) is 1.85. The summed E-state index contributed by atoms with van der Waals surface area (Å²) in [5, 5.41) is 33.0. The topological polar surface area (TPSA) is 145 Å². The Balaban J connectivity index is 1.35. The highest BCUT2D eigenvalue weighted by Crippen LogP contribution is 2.36. The van der Waals surface area contributed by atoms with Crippen LogP contribution < -0.4 is 0 Å². The van der Waals surface area contributed by atoms with Gasteiger partial charge in [0.05, 0.1) is 24.6 Å². The van der Waals surface area contributed by atoms with E-state index in [1.54, 1.807) is 31.7 Å². The van der Waals surface area contributed by atoms with Crippen molar-refractivity contribution in [2.24, 2.45) is 0 Å². The van der Waals surface area contributed by atoms with Gasteiger partial charge in [0.15, 0.2) is 17.5 Å². The van der Waals surface area contributed by atoms with E-state index in [0.29, 0.717) is 49.5 Å². The lowest BCUT2D eigenvalue weighted by atomic mass is 9.89. The summed E-state index contributed by atoms with van der Waals surface area (Å²) in [4.78, 5) is 14.1. The molecule has 3 aromatic rings. The van der Waals surface area contributed by atoms with Crippen LogP contribution in [0, 0.1) is 17.5 Å². The third-order valence-corrected chi connectivity index (χ3v) is 8.01. The fourth-order valence-electron chi connectivity index (χ4n) is 5.78. The molecule has 1 amide bonds. The molecule has 2 saturated heterocycles. The molecule has 2 N–H and O–H groups in total. The number of ether oxygens (including phenoxy) is 3. The number of nitrogens with zero attached hydrogens (tertiary/aromatic N) is 5. The summed E-state index contributed by atoms with van der Waals surface area (Å²) in [7, 11) is 0. The van der Waals surface area contributed by atoms with Gasteiger partial charge in [-0.25, -0.2) is 31.4 Å². The highest BCUT2D eigenvalue weighted by atomic mass is 19.3. The molecular weight excluding hydrogens is 637 g/mol. The fraction of sp³-hybridized carbons (Fsp3) is 0.600. The smallest absolute Gasteiger partial charge is 0.410 e. The van der Waals surface area contributed by atoms with Crippen LogP contribution in [0.15, 0.2) is 28.9 Å². The summed E-state index contributed by atoms with van der Waals surface area (Å²) in [6.07, 6.45) is -6.06. The number of halogens is 5. The molecule has 2 fully saturated rings. The van der Waals surface area contributed by atoms with E-state index in [1.807, 2.05) is 0 Å². The van der Waals surface area contributed by atoms with Crippen molar-refractivity contribution < 1.29 is 55.7 Å². The number of likely N-dealkylation sites (tertiary alicyclic amines) is 1. The zero-order chi connectivity index (χ0) is 34.0. The van der Waals surface area contributed by atoms with E-state index in [-0.39, 0.29) is 23.6 Å². The van der Waals surface area contributed by atoms with Crippen LogP contribution in [0.25, 0.3) is 11.3 Å². The van der Waals surface area contributed by atoms with Crippen LogP contribution in [0.1, 0.15) is 57.0 Å². The molecule has 2 aliphatic rings. The van der Waals surface area contributed by atoms with E-state index in [1.165, 1.54) is 6.20 Å². The van der Waals surface area contributed by atoms with E-state index in [9.17, 15) is 37.0 Å². The predicted octanol–water partition coefficient (Wildman–Crippen LogP) is 4.02. The molecule has 47 heavy (non-hydrogen) atoms. The minimum absolute atomic E-state index is 0.0379. The third kappa shape index (κ3) is 8.08. The van der Waals surface area contributed by atoms with E-state index < -0.39 is 79.2 Å². The summed E-state index contributed by atoms with van der Waals surface area (Å²) in [6.45, 7) is 4.57. The molecule has 258 valence electrons. The van der Waals surface area contributed by atoms with Gasteiger partial charge in [0.2, 0.25) is 0 Å². The number of alkyl halides is 2. The number of aliphatic hydroxyl groups excluding tert-OH is 2. The normalized spacial score (nSPS) is 24.2. The van der Waals surface area contributed by atoms with Crippen molar-refractivity contribution in [3.05, 3.63) is 53.3 Å². The number of rotatable bonds is 9. The van der Waals surface area contributed by atoms with Crippen LogP contribution in [0.3, 0.4) is 0 Å². The standard InChI is InChI=1S/C30H36F5N5O7/c1-30(2,3)46-29(43)39-6-4-15(5-7-39)21-10-17(37-47-21)11-22-28(44-14-24(33)34)26(27(42)23(13-41)45-22)40-12-20(36-38-40)16-8-18(31)25(35)19(32)9-16/h8-10,12,15,22-24,26-28,41-42H,4-7,11,13-14H2,1-3H3/t22-,23-,26+,27+,28+/m1/s1. The molecule has 2 aromatic heterocycles. The molecule has 0 unspecified atom stereocenters. The van der Waals surface area contributed by atoms with Crippen molar-refractivity contribution in [2.45, 2.75) is 88.4 Å². The number of aromatic nitrogens is 4. The second kappa shape index (κ2) is 14.2. The molecule has 17 heteroatoms.